The summed E-state index contributed by atoms with van der Waals surface area (Å²) in [5.74, 6) is 0.349. The molecule has 1 aliphatic rings. The standard InChI is InChI=1S/C15H22N2O2.ClH/c18-15(14-11-16-12-14)17-8-4-9-19-10-7-13-5-2-1-3-6-13;/h1-3,5-6,14,16H,4,7-12H2,(H,17,18);1H. The molecule has 1 aromatic rings. The van der Waals surface area contributed by atoms with Crippen LogP contribution < -0.4 is 10.6 Å². The van der Waals surface area contributed by atoms with Gasteiger partial charge in [0.15, 0.2) is 0 Å². The van der Waals surface area contributed by atoms with Crippen molar-refractivity contribution < 1.29 is 9.53 Å². The van der Waals surface area contributed by atoms with Gasteiger partial charge in [-0.05, 0) is 18.4 Å². The SMILES string of the molecule is Cl.O=C(NCCCOCCc1ccccc1)C1CNC1. The summed E-state index contributed by atoms with van der Waals surface area (Å²) in [6, 6.07) is 10.3. The van der Waals surface area contributed by atoms with E-state index >= 15 is 0 Å². The predicted octanol–water partition coefficient (Wildman–Crippen LogP) is 1.39. The minimum Gasteiger partial charge on any atom is -0.381 e. The minimum atomic E-state index is 0. The quantitative estimate of drug-likeness (QED) is 0.713. The topological polar surface area (TPSA) is 50.4 Å². The highest BCUT2D eigenvalue weighted by Crippen LogP contribution is 2.02. The number of benzene rings is 1. The maximum Gasteiger partial charge on any atom is 0.225 e. The van der Waals surface area contributed by atoms with Crippen molar-refractivity contribution in [2.24, 2.45) is 5.92 Å². The lowest BCUT2D eigenvalue weighted by molar-refractivity contribution is -0.126. The van der Waals surface area contributed by atoms with Crippen LogP contribution in [-0.4, -0.2) is 38.8 Å². The lowest BCUT2D eigenvalue weighted by Gasteiger charge is -2.25. The number of hydrogen-bond acceptors (Lipinski definition) is 3. The van der Waals surface area contributed by atoms with Crippen molar-refractivity contribution in [3.8, 4) is 0 Å². The van der Waals surface area contributed by atoms with Crippen LogP contribution in [0.5, 0.6) is 0 Å². The molecule has 20 heavy (non-hydrogen) atoms. The summed E-state index contributed by atoms with van der Waals surface area (Å²) in [4.78, 5) is 11.5. The van der Waals surface area contributed by atoms with Gasteiger partial charge in [0, 0.05) is 26.2 Å². The molecule has 0 atom stereocenters. The second kappa shape index (κ2) is 9.75. The fourth-order valence-corrected chi connectivity index (χ4v) is 1.94. The molecule has 1 aromatic carbocycles. The normalized spacial score (nSPS) is 14.2. The molecule has 1 aliphatic heterocycles. The molecule has 0 aromatic heterocycles. The Balaban J connectivity index is 0.00000200. The zero-order valence-corrected chi connectivity index (χ0v) is 12.5. The van der Waals surface area contributed by atoms with Gasteiger partial charge in [0.25, 0.3) is 0 Å². The van der Waals surface area contributed by atoms with Gasteiger partial charge in [0.05, 0.1) is 12.5 Å². The molecular formula is C15H23ClN2O2. The van der Waals surface area contributed by atoms with Gasteiger partial charge in [-0.3, -0.25) is 4.79 Å². The Hall–Kier alpha value is -1.10. The Morgan fingerprint density at radius 2 is 2.00 bits per heavy atom. The first-order valence-electron chi connectivity index (χ1n) is 6.96. The number of nitrogens with one attached hydrogen (secondary N) is 2. The van der Waals surface area contributed by atoms with Crippen molar-refractivity contribution in [1.29, 1.82) is 0 Å². The number of amides is 1. The maximum atomic E-state index is 11.5. The fourth-order valence-electron chi connectivity index (χ4n) is 1.94. The smallest absolute Gasteiger partial charge is 0.225 e. The first-order chi connectivity index (χ1) is 9.36. The third kappa shape index (κ3) is 5.90. The third-order valence-electron chi connectivity index (χ3n) is 3.29. The second-order valence-corrected chi connectivity index (χ2v) is 4.85. The molecule has 112 valence electrons. The van der Waals surface area contributed by atoms with Crippen molar-refractivity contribution in [3.63, 3.8) is 0 Å². The van der Waals surface area contributed by atoms with Gasteiger partial charge in [-0.15, -0.1) is 12.4 Å². The van der Waals surface area contributed by atoms with E-state index in [9.17, 15) is 4.79 Å². The van der Waals surface area contributed by atoms with Gasteiger partial charge >= 0.3 is 0 Å². The van der Waals surface area contributed by atoms with Gasteiger partial charge in [0.1, 0.15) is 0 Å². The molecule has 0 aliphatic carbocycles. The molecule has 0 bridgehead atoms. The van der Waals surface area contributed by atoms with Crippen LogP contribution in [0, 0.1) is 5.92 Å². The van der Waals surface area contributed by atoms with Crippen LogP contribution in [0.1, 0.15) is 12.0 Å². The zero-order valence-electron chi connectivity index (χ0n) is 11.6. The summed E-state index contributed by atoms with van der Waals surface area (Å²) in [7, 11) is 0. The lowest BCUT2D eigenvalue weighted by Crippen LogP contribution is -2.50. The summed E-state index contributed by atoms with van der Waals surface area (Å²) < 4.78 is 5.56. The average molecular weight is 299 g/mol. The fraction of sp³-hybridized carbons (Fsp3) is 0.533. The van der Waals surface area contributed by atoms with Crippen molar-refractivity contribution in [3.05, 3.63) is 35.9 Å². The van der Waals surface area contributed by atoms with Gasteiger partial charge in [-0.1, -0.05) is 30.3 Å². The van der Waals surface area contributed by atoms with E-state index in [4.69, 9.17) is 4.74 Å². The Morgan fingerprint density at radius 3 is 2.65 bits per heavy atom. The monoisotopic (exact) mass is 298 g/mol. The molecule has 1 fully saturated rings. The van der Waals surface area contributed by atoms with E-state index in [1.807, 2.05) is 18.2 Å². The molecule has 1 saturated heterocycles. The summed E-state index contributed by atoms with van der Waals surface area (Å²) in [5, 5.41) is 6.02. The predicted molar refractivity (Wildman–Crippen MR) is 82.2 cm³/mol. The Morgan fingerprint density at radius 1 is 1.25 bits per heavy atom. The summed E-state index contributed by atoms with van der Waals surface area (Å²) in [6.45, 7) is 3.79. The molecule has 1 heterocycles. The first kappa shape index (κ1) is 17.0. The second-order valence-electron chi connectivity index (χ2n) is 4.85. The number of halogens is 1. The summed E-state index contributed by atoms with van der Waals surface area (Å²) in [5.41, 5.74) is 1.30. The highest BCUT2D eigenvalue weighted by molar-refractivity contribution is 5.85. The molecule has 0 radical (unpaired) electrons. The molecule has 4 nitrogen and oxygen atoms in total. The summed E-state index contributed by atoms with van der Waals surface area (Å²) >= 11 is 0. The molecule has 0 saturated carbocycles. The minimum absolute atomic E-state index is 0. The van der Waals surface area contributed by atoms with Gasteiger partial charge in [0.2, 0.25) is 5.91 Å². The van der Waals surface area contributed by atoms with Gasteiger partial charge in [-0.2, -0.15) is 0 Å². The first-order valence-corrected chi connectivity index (χ1v) is 6.96. The largest absolute Gasteiger partial charge is 0.381 e. The van der Waals surface area contributed by atoms with E-state index < -0.39 is 0 Å². The van der Waals surface area contributed by atoms with E-state index in [0.717, 1.165) is 32.5 Å². The van der Waals surface area contributed by atoms with E-state index in [0.29, 0.717) is 13.2 Å². The van der Waals surface area contributed by atoms with E-state index in [-0.39, 0.29) is 24.2 Å². The Kier molecular flexibility index (Phi) is 8.26. The van der Waals surface area contributed by atoms with Gasteiger partial charge in [-0.25, -0.2) is 0 Å². The maximum absolute atomic E-state index is 11.5. The molecular weight excluding hydrogens is 276 g/mol. The number of ether oxygens (including phenoxy) is 1. The Bertz CT molecular complexity index is 383. The number of carbonyl (C=O) groups excluding carboxylic acids is 1. The molecule has 0 unspecified atom stereocenters. The molecule has 2 rings (SSSR count). The van der Waals surface area contributed by atoms with Crippen molar-refractivity contribution in [1.82, 2.24) is 10.6 Å². The van der Waals surface area contributed by atoms with Crippen LogP contribution in [0.4, 0.5) is 0 Å². The van der Waals surface area contributed by atoms with Crippen molar-refractivity contribution >= 4 is 18.3 Å². The number of rotatable bonds is 8. The van der Waals surface area contributed by atoms with Crippen LogP contribution in [-0.2, 0) is 16.0 Å². The highest BCUT2D eigenvalue weighted by atomic mass is 35.5. The van der Waals surface area contributed by atoms with Crippen molar-refractivity contribution in [2.45, 2.75) is 12.8 Å². The van der Waals surface area contributed by atoms with E-state index in [1.54, 1.807) is 0 Å². The van der Waals surface area contributed by atoms with E-state index in [2.05, 4.69) is 22.8 Å². The lowest BCUT2D eigenvalue weighted by atomic mass is 10.0. The van der Waals surface area contributed by atoms with Crippen LogP contribution >= 0.6 is 12.4 Å². The van der Waals surface area contributed by atoms with Crippen LogP contribution in [0.3, 0.4) is 0 Å². The molecule has 5 heteroatoms. The molecule has 1 amide bonds. The van der Waals surface area contributed by atoms with Crippen molar-refractivity contribution in [2.75, 3.05) is 32.8 Å². The van der Waals surface area contributed by atoms with Crippen LogP contribution in [0.25, 0.3) is 0 Å². The van der Waals surface area contributed by atoms with E-state index in [1.165, 1.54) is 5.56 Å². The molecule has 0 spiro atoms. The molecule has 2 N–H and O–H groups in total. The number of hydrogen-bond donors (Lipinski definition) is 2. The zero-order chi connectivity index (χ0) is 13.3. The third-order valence-corrected chi connectivity index (χ3v) is 3.29. The van der Waals surface area contributed by atoms with Crippen LogP contribution in [0.15, 0.2) is 30.3 Å². The highest BCUT2D eigenvalue weighted by Gasteiger charge is 2.23. The average Bonchev–Trinajstić information content (AvgIpc) is 2.37. The number of carbonyl (C=O) groups is 1. The van der Waals surface area contributed by atoms with Gasteiger partial charge < -0.3 is 15.4 Å². The Labute approximate surface area is 126 Å². The van der Waals surface area contributed by atoms with Crippen LogP contribution in [0.2, 0.25) is 0 Å². The summed E-state index contributed by atoms with van der Waals surface area (Å²) in [6.07, 6.45) is 1.82.